The van der Waals surface area contributed by atoms with Gasteiger partial charge in [-0.3, -0.25) is 0 Å². The number of anilines is 1. The third kappa shape index (κ3) is 3.03. The minimum absolute atomic E-state index is 0.220. The lowest BCUT2D eigenvalue weighted by molar-refractivity contribution is 0.549. The average molecular weight is 342 g/mol. The molecule has 7 heteroatoms. The Morgan fingerprint density at radius 1 is 1.00 bits per heavy atom. The van der Waals surface area contributed by atoms with Gasteiger partial charge < -0.3 is 4.90 Å². The Kier molecular flexibility index (Phi) is 4.11. The maximum Gasteiger partial charge on any atom is 0.285 e. The lowest BCUT2D eigenvalue weighted by Crippen LogP contribution is -2.21. The monoisotopic (exact) mass is 342 g/mol. The number of hydrogen-bond donors (Lipinski definition) is 0. The summed E-state index contributed by atoms with van der Waals surface area (Å²) in [6, 6.07) is 14.6. The second-order valence-corrected chi connectivity index (χ2v) is 7.21. The van der Waals surface area contributed by atoms with Crippen LogP contribution in [0.1, 0.15) is 11.1 Å². The Hall–Kier alpha value is -2.67. The smallest absolute Gasteiger partial charge is 0.285 e. The molecule has 6 nitrogen and oxygen atoms in total. The summed E-state index contributed by atoms with van der Waals surface area (Å²) in [6.45, 7) is 0. The van der Waals surface area contributed by atoms with Gasteiger partial charge in [0.2, 0.25) is 0 Å². The first-order valence-corrected chi connectivity index (χ1v) is 8.82. The topological polar surface area (TPSA) is 65.3 Å². The van der Waals surface area contributed by atoms with E-state index in [9.17, 15) is 8.42 Å². The van der Waals surface area contributed by atoms with E-state index in [0.717, 1.165) is 11.3 Å². The van der Waals surface area contributed by atoms with Gasteiger partial charge in [0, 0.05) is 32.4 Å². The van der Waals surface area contributed by atoms with E-state index >= 15 is 0 Å². The fourth-order valence-electron chi connectivity index (χ4n) is 2.39. The number of hydrazone groups is 1. The number of hydrogen-bond acceptors (Lipinski definition) is 5. The zero-order valence-corrected chi connectivity index (χ0v) is 14.5. The Balaban J connectivity index is 1.84. The fraction of sp³-hybridized carbons (Fsp3) is 0.176. The largest absolute Gasteiger partial charge is 0.378 e. The van der Waals surface area contributed by atoms with Crippen molar-refractivity contribution < 1.29 is 8.42 Å². The highest BCUT2D eigenvalue weighted by Crippen LogP contribution is 2.26. The van der Waals surface area contributed by atoms with Crippen molar-refractivity contribution in [3.63, 3.8) is 0 Å². The first-order chi connectivity index (χ1) is 11.4. The van der Waals surface area contributed by atoms with Gasteiger partial charge in [-0.25, -0.2) is 5.01 Å². The van der Waals surface area contributed by atoms with E-state index in [1.807, 2.05) is 43.3 Å². The van der Waals surface area contributed by atoms with Gasteiger partial charge in [0.05, 0.1) is 6.21 Å². The van der Waals surface area contributed by atoms with Crippen molar-refractivity contribution in [2.24, 2.45) is 9.50 Å². The quantitative estimate of drug-likeness (QED) is 0.633. The predicted molar refractivity (Wildman–Crippen MR) is 96.3 cm³/mol. The minimum Gasteiger partial charge on any atom is -0.378 e. The summed E-state index contributed by atoms with van der Waals surface area (Å²) in [5.74, 6) is 0.326. The van der Waals surface area contributed by atoms with Crippen LogP contribution in [0.15, 0.2) is 62.9 Å². The van der Waals surface area contributed by atoms with E-state index in [1.165, 1.54) is 5.01 Å². The first kappa shape index (κ1) is 16.2. The fourth-order valence-corrected chi connectivity index (χ4v) is 3.62. The summed E-state index contributed by atoms with van der Waals surface area (Å²) >= 11 is 0. The van der Waals surface area contributed by atoms with Crippen LogP contribution < -0.4 is 4.90 Å². The molecule has 0 unspecified atom stereocenters. The zero-order chi connectivity index (χ0) is 17.3. The molecule has 0 radical (unpaired) electrons. The molecule has 1 aliphatic heterocycles. The van der Waals surface area contributed by atoms with Crippen molar-refractivity contribution in [2.45, 2.75) is 4.90 Å². The lowest BCUT2D eigenvalue weighted by Gasteiger charge is -2.13. The standard InChI is InChI=1S/C17H18N4O2S/c1-20(2)14-10-8-13(9-11-14)12-18-21(3)17-15-6-4-5-7-16(15)24(22,23)19-17/h4-12H,1-3H3/b18-12-. The van der Waals surface area contributed by atoms with E-state index < -0.39 is 10.0 Å². The van der Waals surface area contributed by atoms with Crippen molar-refractivity contribution in [3.05, 3.63) is 59.7 Å². The number of sulfonamides is 1. The molecule has 1 heterocycles. The van der Waals surface area contributed by atoms with Crippen LogP contribution in [0.25, 0.3) is 0 Å². The predicted octanol–water partition coefficient (Wildman–Crippen LogP) is 2.17. The SMILES string of the molecule is CN(/N=C\c1ccc(N(C)C)cc1)C1=NS(=O)(=O)c2ccccc21. The first-order valence-electron chi connectivity index (χ1n) is 7.38. The number of fused-ring (bicyclic) bond motifs is 1. The molecule has 124 valence electrons. The summed E-state index contributed by atoms with van der Waals surface area (Å²) in [5.41, 5.74) is 2.59. The highest BCUT2D eigenvalue weighted by Gasteiger charge is 2.30. The van der Waals surface area contributed by atoms with Crippen LogP contribution in [0.3, 0.4) is 0 Å². The summed E-state index contributed by atoms with van der Waals surface area (Å²) < 4.78 is 28.0. The molecular formula is C17H18N4O2S. The molecule has 0 N–H and O–H groups in total. The molecule has 0 spiro atoms. The number of rotatable bonds is 3. The van der Waals surface area contributed by atoms with Gasteiger partial charge >= 0.3 is 0 Å². The molecule has 0 fully saturated rings. The Morgan fingerprint density at radius 3 is 2.33 bits per heavy atom. The molecule has 0 saturated heterocycles. The minimum atomic E-state index is -3.63. The van der Waals surface area contributed by atoms with Crippen molar-refractivity contribution in [2.75, 3.05) is 26.0 Å². The van der Waals surface area contributed by atoms with Crippen molar-refractivity contribution in [1.82, 2.24) is 5.01 Å². The highest BCUT2D eigenvalue weighted by atomic mass is 32.2. The Morgan fingerprint density at radius 2 is 1.67 bits per heavy atom. The summed E-state index contributed by atoms with van der Waals surface area (Å²) in [6.07, 6.45) is 1.68. The second-order valence-electron chi connectivity index (χ2n) is 5.64. The summed E-state index contributed by atoms with van der Waals surface area (Å²) in [5, 5.41) is 5.79. The maximum atomic E-state index is 12.1. The summed E-state index contributed by atoms with van der Waals surface area (Å²) in [7, 11) is 2.01. The molecule has 2 aromatic carbocycles. The van der Waals surface area contributed by atoms with Crippen LogP contribution in [0, 0.1) is 0 Å². The van der Waals surface area contributed by atoms with Crippen LogP contribution in [0.2, 0.25) is 0 Å². The zero-order valence-electron chi connectivity index (χ0n) is 13.7. The van der Waals surface area contributed by atoms with Crippen LogP contribution in [-0.2, 0) is 10.0 Å². The van der Waals surface area contributed by atoms with Gasteiger partial charge in [-0.05, 0) is 29.8 Å². The third-order valence-electron chi connectivity index (χ3n) is 3.71. The van der Waals surface area contributed by atoms with E-state index in [1.54, 1.807) is 37.5 Å². The number of nitrogens with zero attached hydrogens (tertiary/aromatic N) is 4. The van der Waals surface area contributed by atoms with Crippen LogP contribution >= 0.6 is 0 Å². The van der Waals surface area contributed by atoms with Gasteiger partial charge in [-0.2, -0.15) is 13.5 Å². The van der Waals surface area contributed by atoms with E-state index in [0.29, 0.717) is 11.4 Å². The number of amidine groups is 1. The van der Waals surface area contributed by atoms with Crippen molar-refractivity contribution in [1.29, 1.82) is 0 Å². The second kappa shape index (κ2) is 6.09. The van der Waals surface area contributed by atoms with E-state index in [4.69, 9.17) is 0 Å². The van der Waals surface area contributed by atoms with Crippen LogP contribution in [0.5, 0.6) is 0 Å². The average Bonchev–Trinajstić information content (AvgIpc) is 2.85. The van der Waals surface area contributed by atoms with Gasteiger partial charge in [0.1, 0.15) is 4.90 Å². The van der Waals surface area contributed by atoms with E-state index in [-0.39, 0.29) is 4.90 Å². The Labute approximate surface area is 141 Å². The molecule has 0 aromatic heterocycles. The number of benzene rings is 2. The van der Waals surface area contributed by atoms with Gasteiger partial charge in [0.25, 0.3) is 10.0 Å². The molecule has 24 heavy (non-hydrogen) atoms. The van der Waals surface area contributed by atoms with Crippen molar-refractivity contribution >= 4 is 27.8 Å². The van der Waals surface area contributed by atoms with Crippen LogP contribution in [0.4, 0.5) is 5.69 Å². The summed E-state index contributed by atoms with van der Waals surface area (Å²) in [4.78, 5) is 2.24. The van der Waals surface area contributed by atoms with Gasteiger partial charge in [0.15, 0.2) is 5.84 Å². The maximum absolute atomic E-state index is 12.1. The molecule has 1 aliphatic rings. The van der Waals surface area contributed by atoms with Gasteiger partial charge in [-0.15, -0.1) is 4.40 Å². The molecule has 2 aromatic rings. The Bertz CT molecular complexity index is 916. The molecule has 3 rings (SSSR count). The van der Waals surface area contributed by atoms with Crippen LogP contribution in [-0.4, -0.2) is 46.6 Å². The van der Waals surface area contributed by atoms with E-state index in [2.05, 4.69) is 9.50 Å². The molecule has 0 saturated carbocycles. The molecule has 0 bridgehead atoms. The molecule has 0 aliphatic carbocycles. The molecule has 0 amide bonds. The molecule has 0 atom stereocenters. The molecular weight excluding hydrogens is 324 g/mol. The highest BCUT2D eigenvalue weighted by molar-refractivity contribution is 7.90. The van der Waals surface area contributed by atoms with Crippen molar-refractivity contribution in [3.8, 4) is 0 Å². The normalized spacial score (nSPS) is 15.2. The van der Waals surface area contributed by atoms with Gasteiger partial charge in [-0.1, -0.05) is 24.3 Å². The third-order valence-corrected chi connectivity index (χ3v) is 5.03. The lowest BCUT2D eigenvalue weighted by atomic mass is 10.2.